The number of carbonyl (C=O) groups excluding carboxylic acids is 2. The van der Waals surface area contributed by atoms with Crippen molar-refractivity contribution in [1.29, 1.82) is 0 Å². The molecular formula is C32H30N4O3. The van der Waals surface area contributed by atoms with Gasteiger partial charge >= 0.3 is 0 Å². The van der Waals surface area contributed by atoms with Gasteiger partial charge in [-0.1, -0.05) is 108 Å². The molecule has 5 rings (SSSR count). The Hall–Kier alpha value is -4.78. The molecule has 4 aromatic carbocycles. The van der Waals surface area contributed by atoms with Crippen LogP contribution in [0.4, 0.5) is 0 Å². The number of carbonyl (C=O) groups is 2. The molecule has 196 valence electrons. The summed E-state index contributed by atoms with van der Waals surface area (Å²) in [5.74, 6) is -0.309. The number of benzene rings is 4. The average Bonchev–Trinajstić information content (AvgIpc) is 3.48. The third-order valence-electron chi connectivity index (χ3n) is 6.80. The molecule has 2 amide bonds. The average molecular weight is 519 g/mol. The number of hydrogen-bond acceptors (Lipinski definition) is 5. The Labute approximate surface area is 227 Å². The highest BCUT2D eigenvalue weighted by Crippen LogP contribution is 2.25. The second kappa shape index (κ2) is 12.2. The van der Waals surface area contributed by atoms with Gasteiger partial charge in [-0.05, 0) is 33.9 Å². The second-order valence-electron chi connectivity index (χ2n) is 9.52. The molecule has 0 aliphatic heterocycles. The van der Waals surface area contributed by atoms with Crippen molar-refractivity contribution >= 4 is 22.6 Å². The number of likely N-dealkylation sites (N-methyl/N-ethyl adjacent to an activating group) is 1. The third-order valence-corrected chi connectivity index (χ3v) is 6.80. The van der Waals surface area contributed by atoms with Crippen LogP contribution in [-0.2, 0) is 24.2 Å². The Morgan fingerprint density at radius 2 is 1.49 bits per heavy atom. The van der Waals surface area contributed by atoms with Gasteiger partial charge in [-0.25, -0.2) is 0 Å². The smallest absolute Gasteiger partial charge is 0.292 e. The number of aromatic nitrogens is 2. The molecule has 0 spiro atoms. The number of rotatable bonds is 10. The van der Waals surface area contributed by atoms with Gasteiger partial charge < -0.3 is 14.7 Å². The highest BCUT2D eigenvalue weighted by atomic mass is 16.5. The Bertz CT molecular complexity index is 1550. The number of nitrogens with one attached hydrogen (secondary N) is 1. The normalized spacial score (nSPS) is 11.7. The third kappa shape index (κ3) is 6.57. The first-order chi connectivity index (χ1) is 19.1. The molecule has 0 radical (unpaired) electrons. The predicted molar refractivity (Wildman–Crippen MR) is 150 cm³/mol. The molecule has 0 bridgehead atoms. The van der Waals surface area contributed by atoms with E-state index in [0.29, 0.717) is 25.8 Å². The van der Waals surface area contributed by atoms with Crippen molar-refractivity contribution in [3.8, 4) is 0 Å². The van der Waals surface area contributed by atoms with Crippen molar-refractivity contribution in [3.05, 3.63) is 132 Å². The van der Waals surface area contributed by atoms with Crippen LogP contribution < -0.4 is 5.32 Å². The van der Waals surface area contributed by atoms with Gasteiger partial charge in [-0.3, -0.25) is 9.59 Å². The molecule has 1 N–H and O–H groups in total. The molecule has 1 atom stereocenters. The molecule has 5 aromatic rings. The minimum absolute atomic E-state index is 0.0441. The molecular weight excluding hydrogens is 488 g/mol. The number of amides is 2. The van der Waals surface area contributed by atoms with Gasteiger partial charge in [0.2, 0.25) is 11.8 Å². The molecule has 0 saturated carbocycles. The van der Waals surface area contributed by atoms with Crippen LogP contribution in [0.5, 0.6) is 0 Å². The van der Waals surface area contributed by atoms with Crippen LogP contribution in [0.3, 0.4) is 0 Å². The van der Waals surface area contributed by atoms with Crippen molar-refractivity contribution < 1.29 is 14.1 Å². The Morgan fingerprint density at radius 1 is 0.821 bits per heavy atom. The lowest BCUT2D eigenvalue weighted by Gasteiger charge is -2.25. The van der Waals surface area contributed by atoms with E-state index in [1.165, 1.54) is 5.39 Å². The fourth-order valence-electron chi connectivity index (χ4n) is 4.54. The number of aryl methyl sites for hydroxylation is 1. The van der Waals surface area contributed by atoms with Crippen molar-refractivity contribution in [1.82, 2.24) is 20.4 Å². The first-order valence-corrected chi connectivity index (χ1v) is 13.0. The van der Waals surface area contributed by atoms with Crippen LogP contribution in [0.15, 0.2) is 108 Å². The Morgan fingerprint density at radius 3 is 2.23 bits per heavy atom. The lowest BCUT2D eigenvalue weighted by atomic mass is 10.0. The van der Waals surface area contributed by atoms with Crippen LogP contribution in [0.2, 0.25) is 0 Å². The highest BCUT2D eigenvalue weighted by molar-refractivity contribution is 5.90. The summed E-state index contributed by atoms with van der Waals surface area (Å²) >= 11 is 0. The Balaban J connectivity index is 1.29. The zero-order valence-electron chi connectivity index (χ0n) is 21.8. The van der Waals surface area contributed by atoms with Gasteiger partial charge in [0.15, 0.2) is 0 Å². The summed E-state index contributed by atoms with van der Waals surface area (Å²) in [6, 6.07) is 33.4. The molecule has 0 aliphatic rings. The van der Waals surface area contributed by atoms with E-state index in [9.17, 15) is 9.59 Å². The largest absolute Gasteiger partial charge is 0.345 e. The number of hydrogen-bond donors (Lipinski definition) is 1. The highest BCUT2D eigenvalue weighted by Gasteiger charge is 2.28. The molecule has 7 heteroatoms. The van der Waals surface area contributed by atoms with Gasteiger partial charge in [-0.15, -0.1) is 0 Å². The maximum Gasteiger partial charge on any atom is 0.292 e. The lowest BCUT2D eigenvalue weighted by Crippen LogP contribution is -2.33. The van der Waals surface area contributed by atoms with Crippen molar-refractivity contribution in [2.45, 2.75) is 31.8 Å². The summed E-state index contributed by atoms with van der Waals surface area (Å²) in [6.07, 6.45) is 1.42. The molecule has 7 nitrogen and oxygen atoms in total. The zero-order chi connectivity index (χ0) is 27.0. The molecule has 0 fully saturated rings. The summed E-state index contributed by atoms with van der Waals surface area (Å²) in [5, 5.41) is 9.06. The van der Waals surface area contributed by atoms with Crippen LogP contribution in [0, 0.1) is 0 Å². The molecule has 1 heterocycles. The van der Waals surface area contributed by atoms with Crippen LogP contribution in [0.25, 0.3) is 10.8 Å². The van der Waals surface area contributed by atoms with E-state index in [1.807, 2.05) is 72.8 Å². The monoisotopic (exact) mass is 518 g/mol. The van der Waals surface area contributed by atoms with Crippen LogP contribution in [-0.4, -0.2) is 33.9 Å². The zero-order valence-corrected chi connectivity index (χ0v) is 21.8. The lowest BCUT2D eigenvalue weighted by molar-refractivity contribution is -0.132. The van der Waals surface area contributed by atoms with E-state index in [0.717, 1.165) is 22.1 Å². The van der Waals surface area contributed by atoms with Crippen LogP contribution in [0.1, 0.15) is 45.7 Å². The number of fused-ring (bicyclic) bond motifs is 1. The van der Waals surface area contributed by atoms with E-state index in [4.69, 9.17) is 4.52 Å². The minimum atomic E-state index is -0.514. The Kier molecular flexibility index (Phi) is 8.07. The van der Waals surface area contributed by atoms with E-state index in [-0.39, 0.29) is 17.6 Å². The van der Waals surface area contributed by atoms with Gasteiger partial charge in [0.05, 0.1) is 0 Å². The van der Waals surface area contributed by atoms with E-state index in [1.54, 1.807) is 11.9 Å². The fraction of sp³-hybridized carbons (Fsp3) is 0.188. The number of nitrogens with zero attached hydrogens (tertiary/aromatic N) is 3. The first-order valence-electron chi connectivity index (χ1n) is 13.0. The summed E-state index contributed by atoms with van der Waals surface area (Å²) in [5.41, 5.74) is 3.09. The van der Waals surface area contributed by atoms with Gasteiger partial charge in [0, 0.05) is 26.4 Å². The molecule has 0 aliphatic carbocycles. The molecule has 39 heavy (non-hydrogen) atoms. The molecule has 1 aromatic heterocycles. The summed E-state index contributed by atoms with van der Waals surface area (Å²) in [6.45, 7) is 0.351. The second-order valence-corrected chi connectivity index (χ2v) is 9.52. The van der Waals surface area contributed by atoms with Gasteiger partial charge in [0.25, 0.3) is 11.7 Å². The van der Waals surface area contributed by atoms with Crippen molar-refractivity contribution in [2.24, 2.45) is 0 Å². The van der Waals surface area contributed by atoms with Crippen molar-refractivity contribution in [2.75, 3.05) is 7.05 Å². The van der Waals surface area contributed by atoms with Crippen LogP contribution >= 0.6 is 0 Å². The van der Waals surface area contributed by atoms with E-state index >= 15 is 0 Å². The maximum absolute atomic E-state index is 13.3. The SMILES string of the molecule is CN(C(=O)CCc1ccc2ccccc2c1)C(Cc1ccccc1)c1nc(C(=O)NCc2ccccc2)no1. The molecule has 0 saturated heterocycles. The van der Waals surface area contributed by atoms with E-state index < -0.39 is 11.9 Å². The predicted octanol–water partition coefficient (Wildman–Crippen LogP) is 5.53. The first kappa shape index (κ1) is 25.9. The minimum Gasteiger partial charge on any atom is -0.345 e. The van der Waals surface area contributed by atoms with Gasteiger partial charge in [0.1, 0.15) is 6.04 Å². The molecule has 1 unspecified atom stereocenters. The summed E-state index contributed by atoms with van der Waals surface area (Å²) in [4.78, 5) is 32.1. The summed E-state index contributed by atoms with van der Waals surface area (Å²) in [7, 11) is 1.75. The van der Waals surface area contributed by atoms with E-state index in [2.05, 4.69) is 45.8 Å². The topological polar surface area (TPSA) is 88.3 Å². The summed E-state index contributed by atoms with van der Waals surface area (Å²) < 4.78 is 5.54. The standard InChI is InChI=1S/C32H30N4O3/c1-36(29(37)19-17-24-16-18-26-14-8-9-15-27(26)20-24)28(21-23-10-4-2-5-11-23)32-34-30(35-39-32)31(38)33-22-25-12-6-3-7-13-25/h2-16,18,20,28H,17,19,21-22H2,1H3,(H,33,38). The van der Waals surface area contributed by atoms with Gasteiger partial charge in [-0.2, -0.15) is 4.98 Å². The maximum atomic E-state index is 13.3. The quantitative estimate of drug-likeness (QED) is 0.263. The fourth-order valence-corrected chi connectivity index (χ4v) is 4.54. The van der Waals surface area contributed by atoms with Crippen molar-refractivity contribution in [3.63, 3.8) is 0 Å².